The molecule has 16 nitrogen and oxygen atoms in total. The number of amides is 6. The van der Waals surface area contributed by atoms with Crippen LogP contribution in [-0.4, -0.2) is 145 Å². The predicted octanol–water partition coefficient (Wildman–Crippen LogP) is 4.04. The molecule has 0 aliphatic heterocycles. The van der Waals surface area contributed by atoms with Gasteiger partial charge in [-0.2, -0.15) is 0 Å². The average molecular weight is 973 g/mol. The molecule has 5 rings (SSSR count). The summed E-state index contributed by atoms with van der Waals surface area (Å²) in [6.07, 6.45) is 6.06. The number of nitrogens with two attached hydrogens (primary N) is 4. The summed E-state index contributed by atoms with van der Waals surface area (Å²) < 4.78 is 0. The molecule has 4 aromatic rings. The minimum Gasteiger partial charge on any atom is -0.399 e. The molecular formula is C55H76N10O6. The molecule has 0 radical (unpaired) electrons. The molecule has 1 aliphatic rings. The molecule has 1 unspecified atom stereocenters. The topological polar surface area (TPSA) is 235 Å². The number of anilines is 1. The van der Waals surface area contributed by atoms with Crippen molar-refractivity contribution in [3.05, 3.63) is 138 Å². The molecule has 0 aromatic heterocycles. The Balaban J connectivity index is 1.48. The monoisotopic (exact) mass is 973 g/mol. The van der Waals surface area contributed by atoms with Gasteiger partial charge in [0.15, 0.2) is 0 Å². The lowest BCUT2D eigenvalue weighted by Gasteiger charge is -2.34. The van der Waals surface area contributed by atoms with Crippen LogP contribution in [0.1, 0.15) is 92.5 Å². The van der Waals surface area contributed by atoms with Crippen LogP contribution in [0.2, 0.25) is 0 Å². The van der Waals surface area contributed by atoms with Crippen molar-refractivity contribution in [3.8, 4) is 0 Å². The van der Waals surface area contributed by atoms with Gasteiger partial charge < -0.3 is 52.8 Å². The van der Waals surface area contributed by atoms with Crippen LogP contribution in [0.4, 0.5) is 5.69 Å². The van der Waals surface area contributed by atoms with E-state index in [1.54, 1.807) is 17.0 Å². The zero-order valence-electron chi connectivity index (χ0n) is 41.5. The van der Waals surface area contributed by atoms with E-state index in [0.29, 0.717) is 50.9 Å². The van der Waals surface area contributed by atoms with Crippen LogP contribution in [0, 0.1) is 0 Å². The second kappa shape index (κ2) is 29.5. The summed E-state index contributed by atoms with van der Waals surface area (Å²) in [6, 6.07) is 36.4. The van der Waals surface area contributed by atoms with Crippen LogP contribution in [0.5, 0.6) is 0 Å². The number of carbonyl (C=O) groups excluding carboxylic acids is 6. The molecule has 1 aliphatic carbocycles. The highest BCUT2D eigenvalue weighted by Gasteiger charge is 2.33. The number of primary amides is 1. The third-order valence-electron chi connectivity index (χ3n) is 13.2. The second-order valence-electron chi connectivity index (χ2n) is 18.5. The van der Waals surface area contributed by atoms with Crippen molar-refractivity contribution >= 4 is 41.1 Å². The molecular weight excluding hydrogens is 897 g/mol. The highest BCUT2D eigenvalue weighted by molar-refractivity contribution is 5.92. The van der Waals surface area contributed by atoms with Gasteiger partial charge in [0.25, 0.3) is 0 Å². The van der Waals surface area contributed by atoms with E-state index in [-0.39, 0.29) is 82.8 Å². The molecule has 4 aromatic carbocycles. The quantitative estimate of drug-likeness (QED) is 0.0372. The summed E-state index contributed by atoms with van der Waals surface area (Å²) in [4.78, 5) is 92.4. The Morgan fingerprint density at radius 3 is 1.51 bits per heavy atom. The first-order valence-corrected chi connectivity index (χ1v) is 25.2. The molecule has 382 valence electrons. The van der Waals surface area contributed by atoms with Gasteiger partial charge in [0.2, 0.25) is 35.4 Å². The number of hydrogen-bond acceptors (Lipinski definition) is 10. The maximum atomic E-state index is 15.2. The van der Waals surface area contributed by atoms with Crippen molar-refractivity contribution < 1.29 is 28.8 Å². The standard InChI is InChI=1S/C55H76N10O6/c1-42(44-17-5-2-6-18-44)60-35-51(67)65(48-23-11-12-24-48)41-55(71)63(34-29-43-25-27-47(58)28-26-43)39-54(70)64(36-49(45-19-7-3-8-20-45)46-21-9-4-10-22-46)40-53(69)62(33-16-14-31-57)38-52(68)61(37-50(59)66)32-15-13-30-56/h2-10,17-22,25-28,42,48-49,60H,11-16,23-24,29-41,56-58H2,1H3,(H2,59,66). The zero-order chi connectivity index (χ0) is 51.0. The van der Waals surface area contributed by atoms with Crippen LogP contribution < -0.4 is 28.3 Å². The Bertz CT molecular complexity index is 2220. The van der Waals surface area contributed by atoms with Crippen LogP contribution in [0.15, 0.2) is 115 Å². The second-order valence-corrected chi connectivity index (χ2v) is 18.5. The van der Waals surface area contributed by atoms with E-state index < -0.39 is 36.1 Å². The number of nitrogens with one attached hydrogen (secondary N) is 1. The molecule has 0 heterocycles. The molecule has 0 saturated heterocycles. The lowest BCUT2D eigenvalue weighted by molar-refractivity contribution is -0.148. The van der Waals surface area contributed by atoms with Gasteiger partial charge in [0, 0.05) is 49.9 Å². The van der Waals surface area contributed by atoms with E-state index in [2.05, 4.69) is 5.32 Å². The van der Waals surface area contributed by atoms with Crippen molar-refractivity contribution in [1.29, 1.82) is 0 Å². The fourth-order valence-electron chi connectivity index (χ4n) is 9.03. The van der Waals surface area contributed by atoms with Gasteiger partial charge in [-0.1, -0.05) is 116 Å². The van der Waals surface area contributed by atoms with Gasteiger partial charge in [-0.15, -0.1) is 0 Å². The largest absolute Gasteiger partial charge is 0.399 e. The minimum atomic E-state index is -0.683. The molecule has 1 fully saturated rings. The summed E-state index contributed by atoms with van der Waals surface area (Å²) in [5, 5.41) is 3.35. The van der Waals surface area contributed by atoms with Crippen molar-refractivity contribution in [1.82, 2.24) is 29.8 Å². The lowest BCUT2D eigenvalue weighted by Crippen LogP contribution is -2.53. The third-order valence-corrected chi connectivity index (χ3v) is 13.2. The maximum Gasteiger partial charge on any atom is 0.242 e. The third kappa shape index (κ3) is 18.3. The van der Waals surface area contributed by atoms with E-state index in [1.807, 2.05) is 110 Å². The van der Waals surface area contributed by atoms with E-state index >= 15 is 4.79 Å². The maximum absolute atomic E-state index is 15.2. The summed E-state index contributed by atoms with van der Waals surface area (Å²) in [6.45, 7) is 1.74. The van der Waals surface area contributed by atoms with Crippen molar-refractivity contribution in [3.63, 3.8) is 0 Å². The average Bonchev–Trinajstić information content (AvgIpc) is 3.92. The van der Waals surface area contributed by atoms with Gasteiger partial charge in [0.1, 0.15) is 6.54 Å². The SMILES string of the molecule is CC(NCC(=O)N(CC(=O)N(CCc1ccc(N)cc1)CC(=O)N(CC(=O)N(CCCCN)CC(=O)N(CCCCN)CC(N)=O)CC(c1ccccc1)c1ccccc1)C1CCCC1)c1ccccc1. The van der Waals surface area contributed by atoms with Gasteiger partial charge in [-0.25, -0.2) is 0 Å². The van der Waals surface area contributed by atoms with Gasteiger partial charge in [-0.3, -0.25) is 28.8 Å². The van der Waals surface area contributed by atoms with Gasteiger partial charge in [0.05, 0.1) is 32.7 Å². The van der Waals surface area contributed by atoms with E-state index in [1.165, 1.54) is 19.6 Å². The Hall–Kier alpha value is -6.62. The van der Waals surface area contributed by atoms with E-state index in [0.717, 1.165) is 47.9 Å². The summed E-state index contributed by atoms with van der Waals surface area (Å²) in [7, 11) is 0. The van der Waals surface area contributed by atoms with Crippen LogP contribution >= 0.6 is 0 Å². The number of carbonyl (C=O) groups is 6. The highest BCUT2D eigenvalue weighted by Crippen LogP contribution is 2.27. The molecule has 6 amide bonds. The summed E-state index contributed by atoms with van der Waals surface area (Å²) in [5.74, 6) is -3.08. The summed E-state index contributed by atoms with van der Waals surface area (Å²) in [5.41, 5.74) is 27.5. The number of nitrogen functional groups attached to an aromatic ring is 1. The van der Waals surface area contributed by atoms with Crippen LogP contribution in [0.25, 0.3) is 0 Å². The number of benzene rings is 4. The van der Waals surface area contributed by atoms with Crippen LogP contribution in [-0.2, 0) is 35.2 Å². The lowest BCUT2D eigenvalue weighted by atomic mass is 9.90. The number of nitrogens with zero attached hydrogens (tertiary/aromatic N) is 5. The van der Waals surface area contributed by atoms with Crippen molar-refractivity contribution in [2.45, 2.75) is 82.7 Å². The Labute approximate surface area is 420 Å². The molecule has 71 heavy (non-hydrogen) atoms. The molecule has 0 spiro atoms. The number of unbranched alkanes of at least 4 members (excludes halogenated alkanes) is 2. The molecule has 1 saturated carbocycles. The molecule has 16 heteroatoms. The van der Waals surface area contributed by atoms with E-state index in [4.69, 9.17) is 22.9 Å². The first-order chi connectivity index (χ1) is 34.4. The fraction of sp³-hybridized carbons (Fsp3) is 0.455. The minimum absolute atomic E-state index is 0.0265. The summed E-state index contributed by atoms with van der Waals surface area (Å²) >= 11 is 0. The number of rotatable bonds is 30. The van der Waals surface area contributed by atoms with E-state index in [9.17, 15) is 24.0 Å². The highest BCUT2D eigenvalue weighted by atomic mass is 16.2. The van der Waals surface area contributed by atoms with Crippen molar-refractivity contribution in [2.75, 3.05) is 84.3 Å². The normalized spacial score (nSPS) is 12.8. The van der Waals surface area contributed by atoms with Crippen LogP contribution in [0.3, 0.4) is 0 Å². The Morgan fingerprint density at radius 1 is 0.549 bits per heavy atom. The predicted molar refractivity (Wildman–Crippen MR) is 278 cm³/mol. The molecule has 9 N–H and O–H groups in total. The van der Waals surface area contributed by atoms with Crippen molar-refractivity contribution in [2.24, 2.45) is 17.2 Å². The first kappa shape index (κ1) is 55.3. The Kier molecular flexibility index (Phi) is 23.0. The Morgan fingerprint density at radius 2 is 1.00 bits per heavy atom. The molecule has 0 bridgehead atoms. The van der Waals surface area contributed by atoms with Gasteiger partial charge >= 0.3 is 0 Å². The molecule has 1 atom stereocenters. The zero-order valence-corrected chi connectivity index (χ0v) is 41.5. The van der Waals surface area contributed by atoms with Gasteiger partial charge in [-0.05, 0) is 99.3 Å². The number of hydrogen-bond donors (Lipinski definition) is 5. The fourth-order valence-corrected chi connectivity index (χ4v) is 9.03. The smallest absolute Gasteiger partial charge is 0.242 e. The first-order valence-electron chi connectivity index (χ1n) is 25.2.